The van der Waals surface area contributed by atoms with Crippen molar-refractivity contribution in [2.24, 2.45) is 7.05 Å². The van der Waals surface area contributed by atoms with Crippen molar-refractivity contribution in [1.29, 1.82) is 0 Å². The minimum absolute atomic E-state index is 0.0338. The first-order valence-corrected chi connectivity index (χ1v) is 7.57. The summed E-state index contributed by atoms with van der Waals surface area (Å²) in [5.41, 5.74) is 3.24. The lowest BCUT2D eigenvalue weighted by atomic mass is 10.3. The summed E-state index contributed by atoms with van der Waals surface area (Å²) in [6.45, 7) is 0.207. The van der Waals surface area contributed by atoms with Gasteiger partial charge in [0.05, 0.1) is 17.6 Å². The van der Waals surface area contributed by atoms with Crippen molar-refractivity contribution in [3.8, 4) is 5.75 Å². The highest BCUT2D eigenvalue weighted by molar-refractivity contribution is 5.80. The molecule has 0 spiro atoms. The maximum absolute atomic E-state index is 8.81. The third-order valence-corrected chi connectivity index (χ3v) is 3.73. The number of oxazole rings is 1. The van der Waals surface area contributed by atoms with Crippen LogP contribution in [0.25, 0.3) is 22.1 Å². The zero-order valence-electron chi connectivity index (χ0n) is 13.1. The number of aliphatic hydroxyl groups excluding tert-OH is 1. The van der Waals surface area contributed by atoms with Crippen LogP contribution in [0.1, 0.15) is 0 Å². The molecule has 0 unspecified atom stereocenters. The van der Waals surface area contributed by atoms with Gasteiger partial charge in [-0.2, -0.15) is 4.98 Å². The number of aromatic nitrogens is 3. The molecule has 122 valence electrons. The minimum Gasteiger partial charge on any atom is -0.491 e. The quantitative estimate of drug-likeness (QED) is 0.587. The number of aliphatic hydroxyl groups is 1. The Morgan fingerprint density at radius 2 is 2.04 bits per heavy atom. The second kappa shape index (κ2) is 5.86. The topological polar surface area (TPSA) is 85.3 Å². The molecule has 0 atom stereocenters. The maximum Gasteiger partial charge on any atom is 0.302 e. The average molecular weight is 324 g/mol. The summed E-state index contributed by atoms with van der Waals surface area (Å²) in [6.07, 6.45) is 0. The fourth-order valence-electron chi connectivity index (χ4n) is 2.56. The number of nitrogens with one attached hydrogen (secondary N) is 1. The van der Waals surface area contributed by atoms with Crippen LogP contribution in [0.2, 0.25) is 0 Å². The number of aryl methyl sites for hydroxylation is 1. The lowest BCUT2D eigenvalue weighted by Crippen LogP contribution is -2.01. The molecule has 2 aromatic carbocycles. The van der Waals surface area contributed by atoms with Crippen LogP contribution in [0, 0.1) is 0 Å². The van der Waals surface area contributed by atoms with E-state index >= 15 is 0 Å². The van der Waals surface area contributed by atoms with Gasteiger partial charge in [0, 0.05) is 13.1 Å². The molecule has 2 heterocycles. The van der Waals surface area contributed by atoms with Crippen molar-refractivity contribution in [2.75, 3.05) is 18.5 Å². The van der Waals surface area contributed by atoms with Gasteiger partial charge in [-0.1, -0.05) is 12.1 Å². The zero-order valence-corrected chi connectivity index (χ0v) is 13.1. The fourth-order valence-corrected chi connectivity index (χ4v) is 2.56. The fraction of sp³-hybridized carbons (Fsp3) is 0.176. The van der Waals surface area contributed by atoms with E-state index in [9.17, 15) is 0 Å². The van der Waals surface area contributed by atoms with Gasteiger partial charge in [0.15, 0.2) is 5.58 Å². The molecule has 0 saturated heterocycles. The van der Waals surface area contributed by atoms with Crippen molar-refractivity contribution < 1.29 is 14.3 Å². The zero-order chi connectivity index (χ0) is 16.5. The number of imidazole rings is 1. The Hall–Kier alpha value is -3.06. The van der Waals surface area contributed by atoms with Gasteiger partial charge in [-0.15, -0.1) is 0 Å². The van der Waals surface area contributed by atoms with Crippen LogP contribution < -0.4 is 10.1 Å². The van der Waals surface area contributed by atoms with Crippen molar-refractivity contribution in [3.63, 3.8) is 0 Å². The molecular formula is C17H16N4O3. The van der Waals surface area contributed by atoms with Crippen LogP contribution in [0.5, 0.6) is 5.75 Å². The lowest BCUT2D eigenvalue weighted by molar-refractivity contribution is 0.201. The summed E-state index contributed by atoms with van der Waals surface area (Å²) in [4.78, 5) is 8.94. The predicted octanol–water partition coefficient (Wildman–Crippen LogP) is 2.83. The lowest BCUT2D eigenvalue weighted by Gasteiger charge is -2.02. The first-order valence-electron chi connectivity index (χ1n) is 7.57. The van der Waals surface area contributed by atoms with Gasteiger partial charge in [0.2, 0.25) is 5.95 Å². The summed E-state index contributed by atoms with van der Waals surface area (Å²) in [5.74, 6) is 1.28. The SMILES string of the molecule is Cn1c(Nc2nc3ccc(OCCO)cc3o2)nc2ccccc21. The molecule has 0 aliphatic rings. The molecular weight excluding hydrogens is 308 g/mol. The largest absolute Gasteiger partial charge is 0.491 e. The van der Waals surface area contributed by atoms with Crippen LogP contribution in [0.3, 0.4) is 0 Å². The first-order chi connectivity index (χ1) is 11.7. The Morgan fingerprint density at radius 1 is 1.17 bits per heavy atom. The molecule has 2 aromatic heterocycles. The second-order valence-electron chi connectivity index (χ2n) is 5.33. The number of ether oxygens (including phenoxy) is 1. The number of fused-ring (bicyclic) bond motifs is 2. The van der Waals surface area contributed by atoms with Crippen LogP contribution in [0.4, 0.5) is 12.0 Å². The van der Waals surface area contributed by atoms with Gasteiger partial charge in [-0.25, -0.2) is 4.98 Å². The number of hydrogen-bond donors (Lipinski definition) is 2. The monoisotopic (exact) mass is 324 g/mol. The van der Waals surface area contributed by atoms with Crippen LogP contribution in [-0.2, 0) is 7.05 Å². The molecule has 4 rings (SSSR count). The molecule has 4 aromatic rings. The average Bonchev–Trinajstić information content (AvgIpc) is 3.14. The molecule has 0 saturated carbocycles. The van der Waals surface area contributed by atoms with Gasteiger partial charge in [-0.3, -0.25) is 5.32 Å². The first kappa shape index (κ1) is 14.5. The Morgan fingerprint density at radius 3 is 2.88 bits per heavy atom. The van der Waals surface area contributed by atoms with E-state index in [1.807, 2.05) is 41.9 Å². The van der Waals surface area contributed by atoms with E-state index in [-0.39, 0.29) is 13.2 Å². The van der Waals surface area contributed by atoms with Crippen LogP contribution >= 0.6 is 0 Å². The number of benzene rings is 2. The summed E-state index contributed by atoms with van der Waals surface area (Å²) in [5, 5.41) is 11.9. The molecule has 0 amide bonds. The van der Waals surface area contributed by atoms with Crippen molar-refractivity contribution in [1.82, 2.24) is 14.5 Å². The molecule has 7 nitrogen and oxygen atoms in total. The van der Waals surface area contributed by atoms with Gasteiger partial charge < -0.3 is 18.8 Å². The molecule has 0 fully saturated rings. The number of nitrogens with zero attached hydrogens (tertiary/aromatic N) is 3. The highest BCUT2D eigenvalue weighted by Gasteiger charge is 2.12. The molecule has 0 aliphatic heterocycles. The Labute approximate surface area is 137 Å². The van der Waals surface area contributed by atoms with Gasteiger partial charge in [0.1, 0.15) is 17.9 Å². The number of para-hydroxylation sites is 2. The van der Waals surface area contributed by atoms with E-state index in [0.717, 1.165) is 11.0 Å². The molecule has 0 radical (unpaired) electrons. The van der Waals surface area contributed by atoms with E-state index < -0.39 is 0 Å². The predicted molar refractivity (Wildman–Crippen MR) is 90.6 cm³/mol. The molecule has 0 aliphatic carbocycles. The molecule has 7 heteroatoms. The van der Waals surface area contributed by atoms with Crippen molar-refractivity contribution >= 4 is 34.1 Å². The van der Waals surface area contributed by atoms with Crippen LogP contribution in [0.15, 0.2) is 46.9 Å². The molecule has 2 N–H and O–H groups in total. The van der Waals surface area contributed by atoms with Crippen LogP contribution in [-0.4, -0.2) is 32.9 Å². The molecule has 24 heavy (non-hydrogen) atoms. The maximum atomic E-state index is 8.81. The highest BCUT2D eigenvalue weighted by Crippen LogP contribution is 2.26. The van der Waals surface area contributed by atoms with Crippen molar-refractivity contribution in [2.45, 2.75) is 0 Å². The number of rotatable bonds is 5. The van der Waals surface area contributed by atoms with Crippen molar-refractivity contribution in [3.05, 3.63) is 42.5 Å². The van der Waals surface area contributed by atoms with E-state index in [1.165, 1.54) is 0 Å². The number of hydrogen-bond acceptors (Lipinski definition) is 6. The smallest absolute Gasteiger partial charge is 0.302 e. The third-order valence-electron chi connectivity index (χ3n) is 3.73. The molecule has 0 bridgehead atoms. The summed E-state index contributed by atoms with van der Waals surface area (Å²) < 4.78 is 13.0. The summed E-state index contributed by atoms with van der Waals surface area (Å²) in [6, 6.07) is 13.6. The van der Waals surface area contributed by atoms with Gasteiger partial charge in [-0.05, 0) is 24.3 Å². The summed E-state index contributed by atoms with van der Waals surface area (Å²) in [7, 11) is 1.93. The van der Waals surface area contributed by atoms with E-state index in [4.69, 9.17) is 14.3 Å². The van der Waals surface area contributed by atoms with E-state index in [1.54, 1.807) is 12.1 Å². The van der Waals surface area contributed by atoms with E-state index in [2.05, 4.69) is 15.3 Å². The third kappa shape index (κ3) is 2.55. The van der Waals surface area contributed by atoms with E-state index in [0.29, 0.717) is 28.8 Å². The van der Waals surface area contributed by atoms with Gasteiger partial charge in [0.25, 0.3) is 0 Å². The minimum atomic E-state index is -0.0338. The Kier molecular flexibility index (Phi) is 3.55. The van der Waals surface area contributed by atoms with Gasteiger partial charge >= 0.3 is 6.01 Å². The normalized spacial score (nSPS) is 11.2. The standard InChI is InChI=1S/C17H16N4O3/c1-21-14-5-3-2-4-12(14)18-16(21)20-17-19-13-7-6-11(23-9-8-22)10-15(13)24-17/h2-7,10,22H,8-9H2,1H3,(H,18,19,20). The Balaban J connectivity index is 1.64. The number of anilines is 2. The summed E-state index contributed by atoms with van der Waals surface area (Å²) >= 11 is 0. The second-order valence-corrected chi connectivity index (χ2v) is 5.33. The highest BCUT2D eigenvalue weighted by atomic mass is 16.5. The Bertz CT molecular complexity index is 1010.